The monoisotopic (exact) mass is 306 g/mol. The molecule has 1 saturated heterocycles. The zero-order valence-electron chi connectivity index (χ0n) is 13.3. The van der Waals surface area contributed by atoms with Crippen molar-refractivity contribution in [1.29, 1.82) is 0 Å². The Morgan fingerprint density at radius 2 is 2.00 bits per heavy atom. The summed E-state index contributed by atoms with van der Waals surface area (Å²) in [6, 6.07) is 0. The highest BCUT2D eigenvalue weighted by molar-refractivity contribution is 5.77. The number of alkyl halides is 2. The maximum Gasteiger partial charge on any atom is 0.271 e. The summed E-state index contributed by atoms with van der Waals surface area (Å²) < 4.78 is 32.6. The average molecular weight is 306 g/mol. The molecule has 0 radical (unpaired) electrons. The van der Waals surface area contributed by atoms with Gasteiger partial charge in [-0.3, -0.25) is 9.69 Å². The summed E-state index contributed by atoms with van der Waals surface area (Å²) >= 11 is 0. The van der Waals surface area contributed by atoms with Gasteiger partial charge in [0.25, 0.3) is 5.92 Å². The van der Waals surface area contributed by atoms with Crippen LogP contribution in [0.4, 0.5) is 8.78 Å². The van der Waals surface area contributed by atoms with E-state index in [1.54, 1.807) is 13.8 Å². The van der Waals surface area contributed by atoms with Crippen LogP contribution < -0.4 is 5.32 Å². The Balaban J connectivity index is 2.27. The van der Waals surface area contributed by atoms with E-state index < -0.39 is 12.5 Å². The third-order valence-electron chi connectivity index (χ3n) is 3.66. The molecule has 0 unspecified atom stereocenters. The topological polar surface area (TPSA) is 41.6 Å². The smallest absolute Gasteiger partial charge is 0.271 e. The minimum absolute atomic E-state index is 0.00612. The van der Waals surface area contributed by atoms with Crippen LogP contribution in [0.5, 0.6) is 0 Å². The van der Waals surface area contributed by atoms with Gasteiger partial charge in [-0.1, -0.05) is 0 Å². The number of ether oxygens (including phenoxy) is 1. The molecule has 124 valence electrons. The molecule has 0 bridgehead atoms. The molecule has 21 heavy (non-hydrogen) atoms. The van der Waals surface area contributed by atoms with E-state index in [0.717, 1.165) is 12.8 Å². The van der Waals surface area contributed by atoms with Gasteiger partial charge >= 0.3 is 0 Å². The summed E-state index contributed by atoms with van der Waals surface area (Å²) in [5.74, 6) is -2.73. The first-order chi connectivity index (χ1) is 9.82. The number of carbonyl (C=O) groups excluding carboxylic acids is 1. The van der Waals surface area contributed by atoms with E-state index >= 15 is 0 Å². The first-order valence-electron chi connectivity index (χ1n) is 7.81. The van der Waals surface area contributed by atoms with Crippen LogP contribution in [-0.4, -0.2) is 55.6 Å². The molecule has 1 rings (SSSR count). The molecular weight excluding hydrogens is 278 g/mol. The lowest BCUT2D eigenvalue weighted by atomic mass is 9.91. The molecule has 0 aromatic carbocycles. The number of halogens is 2. The van der Waals surface area contributed by atoms with Gasteiger partial charge in [-0.25, -0.2) is 8.78 Å². The Bertz CT molecular complexity index is 317. The number of likely N-dealkylation sites (N-methyl/N-ethyl adjacent to an activating group) is 1. The molecule has 0 atom stereocenters. The molecule has 1 aliphatic rings. The summed E-state index contributed by atoms with van der Waals surface area (Å²) in [5.41, 5.74) is 0. The van der Waals surface area contributed by atoms with Gasteiger partial charge in [0.2, 0.25) is 5.91 Å². The van der Waals surface area contributed by atoms with Crippen LogP contribution in [0.25, 0.3) is 0 Å². The number of piperidine rings is 1. The minimum Gasteiger partial charge on any atom is -0.373 e. The van der Waals surface area contributed by atoms with Crippen LogP contribution in [0.1, 0.15) is 40.0 Å². The van der Waals surface area contributed by atoms with E-state index in [2.05, 4.69) is 5.32 Å². The van der Waals surface area contributed by atoms with E-state index in [1.807, 2.05) is 11.8 Å². The van der Waals surface area contributed by atoms with E-state index in [9.17, 15) is 13.6 Å². The van der Waals surface area contributed by atoms with Gasteiger partial charge in [0.15, 0.2) is 0 Å². The lowest BCUT2D eigenvalue weighted by Gasteiger charge is -2.33. The van der Waals surface area contributed by atoms with Crippen molar-refractivity contribution in [2.75, 3.05) is 32.8 Å². The van der Waals surface area contributed by atoms with Crippen LogP contribution in [0, 0.1) is 5.92 Å². The fourth-order valence-corrected chi connectivity index (χ4v) is 2.57. The van der Waals surface area contributed by atoms with Crippen LogP contribution >= 0.6 is 0 Å². The van der Waals surface area contributed by atoms with E-state index in [4.69, 9.17) is 4.74 Å². The van der Waals surface area contributed by atoms with Crippen LogP contribution in [0.15, 0.2) is 0 Å². The molecule has 1 aliphatic heterocycles. The Kier molecular flexibility index (Phi) is 7.52. The number of nitrogens with one attached hydrogen (secondary N) is 1. The molecule has 1 heterocycles. The maximum absolute atomic E-state index is 13.8. The zero-order valence-corrected chi connectivity index (χ0v) is 13.3. The number of nitrogens with zero attached hydrogens (tertiary/aromatic N) is 1. The summed E-state index contributed by atoms with van der Waals surface area (Å²) in [5, 5.41) is 2.75. The number of amides is 1. The first kappa shape index (κ1) is 18.3. The largest absolute Gasteiger partial charge is 0.373 e. The Hall–Kier alpha value is -0.750. The molecule has 0 aromatic heterocycles. The third-order valence-corrected chi connectivity index (χ3v) is 3.66. The van der Waals surface area contributed by atoms with Gasteiger partial charge in [0, 0.05) is 13.0 Å². The van der Waals surface area contributed by atoms with Crippen molar-refractivity contribution < 1.29 is 18.3 Å². The highest BCUT2D eigenvalue weighted by atomic mass is 19.3. The van der Waals surface area contributed by atoms with Crippen molar-refractivity contribution in [3.05, 3.63) is 0 Å². The van der Waals surface area contributed by atoms with Crippen molar-refractivity contribution in [3.8, 4) is 0 Å². The van der Waals surface area contributed by atoms with Crippen molar-refractivity contribution >= 4 is 5.91 Å². The maximum atomic E-state index is 13.8. The van der Waals surface area contributed by atoms with Crippen LogP contribution in [-0.2, 0) is 9.53 Å². The number of likely N-dealkylation sites (tertiary alicyclic amines) is 1. The summed E-state index contributed by atoms with van der Waals surface area (Å²) in [4.78, 5) is 13.5. The summed E-state index contributed by atoms with van der Waals surface area (Å²) in [6.45, 7) is 7.32. The Labute approximate surface area is 126 Å². The molecular formula is C15H28F2N2O2. The third kappa shape index (κ3) is 7.71. The summed E-state index contributed by atoms with van der Waals surface area (Å²) in [7, 11) is 0. The van der Waals surface area contributed by atoms with Crippen LogP contribution in [0.2, 0.25) is 0 Å². The lowest BCUT2D eigenvalue weighted by Crippen LogP contribution is -2.42. The molecule has 6 heteroatoms. The fourth-order valence-electron chi connectivity index (χ4n) is 2.57. The quantitative estimate of drug-likeness (QED) is 0.748. The molecule has 0 aromatic rings. The van der Waals surface area contributed by atoms with Crippen LogP contribution in [0.3, 0.4) is 0 Å². The van der Waals surface area contributed by atoms with Gasteiger partial charge in [-0.2, -0.15) is 0 Å². The molecule has 0 saturated carbocycles. The number of rotatable bonds is 8. The Morgan fingerprint density at radius 3 is 2.52 bits per heavy atom. The van der Waals surface area contributed by atoms with Gasteiger partial charge in [-0.05, 0) is 52.6 Å². The van der Waals surface area contributed by atoms with Crippen molar-refractivity contribution in [2.24, 2.45) is 5.92 Å². The molecule has 1 fully saturated rings. The van der Waals surface area contributed by atoms with Gasteiger partial charge < -0.3 is 10.1 Å². The highest BCUT2D eigenvalue weighted by Gasteiger charge is 2.34. The lowest BCUT2D eigenvalue weighted by molar-refractivity contribution is -0.123. The fraction of sp³-hybridized carbons (Fsp3) is 0.933. The van der Waals surface area contributed by atoms with Crippen molar-refractivity contribution in [3.63, 3.8) is 0 Å². The second kappa shape index (κ2) is 8.63. The van der Waals surface area contributed by atoms with Gasteiger partial charge in [0.1, 0.15) is 6.61 Å². The predicted molar refractivity (Wildman–Crippen MR) is 78.5 cm³/mol. The van der Waals surface area contributed by atoms with Crippen molar-refractivity contribution in [2.45, 2.75) is 52.1 Å². The standard InChI is InChI=1S/C15H28F2N2O2/c1-4-18-14(20)10-19-7-5-13(6-8-19)9-15(16,17)11-21-12(2)3/h12-13H,4-11H2,1-3H3,(H,18,20). The van der Waals surface area contributed by atoms with Gasteiger partial charge in [0.05, 0.1) is 12.6 Å². The molecule has 0 spiro atoms. The second-order valence-corrected chi connectivity index (χ2v) is 6.09. The number of carbonyl (C=O) groups is 1. The van der Waals surface area contributed by atoms with E-state index in [1.165, 1.54) is 0 Å². The highest BCUT2D eigenvalue weighted by Crippen LogP contribution is 2.30. The zero-order chi connectivity index (χ0) is 15.9. The minimum atomic E-state index is -2.75. The average Bonchev–Trinajstić information content (AvgIpc) is 2.39. The first-order valence-corrected chi connectivity index (χ1v) is 7.81. The summed E-state index contributed by atoms with van der Waals surface area (Å²) in [6.07, 6.45) is 1.15. The van der Waals surface area contributed by atoms with Gasteiger partial charge in [-0.15, -0.1) is 0 Å². The molecule has 0 aliphatic carbocycles. The van der Waals surface area contributed by atoms with E-state index in [0.29, 0.717) is 26.2 Å². The number of hydrogen-bond donors (Lipinski definition) is 1. The Morgan fingerprint density at radius 1 is 1.38 bits per heavy atom. The molecule has 1 N–H and O–H groups in total. The second-order valence-electron chi connectivity index (χ2n) is 6.09. The SMILES string of the molecule is CCNC(=O)CN1CCC(CC(F)(F)COC(C)C)CC1. The normalized spacial score (nSPS) is 18.2. The number of hydrogen-bond acceptors (Lipinski definition) is 3. The van der Waals surface area contributed by atoms with Crippen molar-refractivity contribution in [1.82, 2.24) is 10.2 Å². The van der Waals surface area contributed by atoms with E-state index in [-0.39, 0.29) is 24.3 Å². The molecule has 4 nitrogen and oxygen atoms in total. The predicted octanol–water partition coefficient (Wildman–Crippen LogP) is 2.28. The molecule has 1 amide bonds.